The highest BCUT2D eigenvalue weighted by Crippen LogP contribution is 2.20. The van der Waals surface area contributed by atoms with Crippen molar-refractivity contribution >= 4 is 0 Å². The lowest BCUT2D eigenvalue weighted by Gasteiger charge is -2.09. The molecule has 0 aliphatic rings. The maximum atomic E-state index is 14.2. The van der Waals surface area contributed by atoms with Gasteiger partial charge in [0.1, 0.15) is 11.6 Å². The minimum atomic E-state index is -1.46. The fraction of sp³-hybridized carbons (Fsp3) is 0.280. The minimum absolute atomic E-state index is 0.0966. The molecule has 0 heterocycles. The van der Waals surface area contributed by atoms with Crippen molar-refractivity contribution in [2.24, 2.45) is 0 Å². The third-order valence-electron chi connectivity index (χ3n) is 5.17. The van der Waals surface area contributed by atoms with Gasteiger partial charge in [-0.25, -0.2) is 22.0 Å². The molecule has 0 amide bonds. The van der Waals surface area contributed by atoms with Crippen molar-refractivity contribution in [1.82, 2.24) is 0 Å². The summed E-state index contributed by atoms with van der Waals surface area (Å²) in [6, 6.07) is 12.3. The van der Waals surface area contributed by atoms with Crippen LogP contribution >= 0.6 is 0 Å². The van der Waals surface area contributed by atoms with Crippen molar-refractivity contribution in [2.45, 2.75) is 45.4 Å². The smallest absolute Gasteiger partial charge is 0.194 e. The summed E-state index contributed by atoms with van der Waals surface area (Å²) in [5.74, 6) is -4.86. The number of rotatable bonds is 8. The van der Waals surface area contributed by atoms with Crippen LogP contribution in [0, 0.1) is 29.1 Å². The van der Waals surface area contributed by atoms with Crippen LogP contribution < -0.4 is 0 Å². The zero-order valence-electron chi connectivity index (χ0n) is 16.8. The first-order valence-electron chi connectivity index (χ1n) is 10.1. The zero-order valence-corrected chi connectivity index (χ0v) is 16.8. The molecule has 0 aromatic heterocycles. The van der Waals surface area contributed by atoms with Crippen LogP contribution in [-0.2, 0) is 32.1 Å². The van der Waals surface area contributed by atoms with Gasteiger partial charge < -0.3 is 0 Å². The number of hydrogen-bond donors (Lipinski definition) is 0. The summed E-state index contributed by atoms with van der Waals surface area (Å²) in [6.45, 7) is 1.96. The molecule has 0 nitrogen and oxygen atoms in total. The molecule has 0 N–H and O–H groups in total. The summed E-state index contributed by atoms with van der Waals surface area (Å²) in [7, 11) is 0. The Morgan fingerprint density at radius 1 is 0.500 bits per heavy atom. The van der Waals surface area contributed by atoms with Gasteiger partial charge in [0.25, 0.3) is 0 Å². The predicted molar refractivity (Wildman–Crippen MR) is 108 cm³/mol. The van der Waals surface area contributed by atoms with Crippen molar-refractivity contribution in [3.8, 4) is 0 Å². The molecule has 0 saturated heterocycles. The first-order chi connectivity index (χ1) is 14.4. The fourth-order valence-corrected chi connectivity index (χ4v) is 3.51. The van der Waals surface area contributed by atoms with Gasteiger partial charge in [0.2, 0.25) is 0 Å². The highest BCUT2D eigenvalue weighted by molar-refractivity contribution is 5.29. The molecule has 0 bridgehead atoms. The van der Waals surface area contributed by atoms with Gasteiger partial charge in [0.15, 0.2) is 17.5 Å². The quantitative estimate of drug-likeness (QED) is 0.276. The van der Waals surface area contributed by atoms with Crippen LogP contribution in [0.25, 0.3) is 0 Å². The molecular formula is C25H23F5. The van der Waals surface area contributed by atoms with Gasteiger partial charge in [0, 0.05) is 5.56 Å². The summed E-state index contributed by atoms with van der Waals surface area (Å²) >= 11 is 0. The van der Waals surface area contributed by atoms with E-state index < -0.39 is 29.1 Å². The molecule has 0 spiro atoms. The van der Waals surface area contributed by atoms with E-state index in [9.17, 15) is 22.0 Å². The highest BCUT2D eigenvalue weighted by atomic mass is 19.2. The number of halogens is 5. The van der Waals surface area contributed by atoms with Crippen molar-refractivity contribution < 1.29 is 22.0 Å². The molecule has 30 heavy (non-hydrogen) atoms. The second-order valence-electron chi connectivity index (χ2n) is 7.48. The van der Waals surface area contributed by atoms with Gasteiger partial charge >= 0.3 is 0 Å². The maximum Gasteiger partial charge on any atom is 0.194 e. The van der Waals surface area contributed by atoms with E-state index in [1.165, 1.54) is 12.1 Å². The normalized spacial score (nSPS) is 11.1. The molecule has 0 saturated carbocycles. The lowest BCUT2D eigenvalue weighted by Crippen LogP contribution is -2.01. The van der Waals surface area contributed by atoms with E-state index in [0.717, 1.165) is 29.7 Å². The molecule has 0 aliphatic carbocycles. The van der Waals surface area contributed by atoms with Crippen LogP contribution in [0.4, 0.5) is 22.0 Å². The number of benzene rings is 3. The monoisotopic (exact) mass is 418 g/mol. The van der Waals surface area contributed by atoms with Crippen LogP contribution in [0.5, 0.6) is 0 Å². The Morgan fingerprint density at radius 2 is 0.900 bits per heavy atom. The average Bonchev–Trinajstić information content (AvgIpc) is 2.71. The Balaban J connectivity index is 1.59. The minimum Gasteiger partial charge on any atom is -0.207 e. The number of aryl methyl sites for hydroxylation is 4. The van der Waals surface area contributed by atoms with Crippen LogP contribution in [-0.4, -0.2) is 0 Å². The van der Waals surface area contributed by atoms with Gasteiger partial charge in [-0.15, -0.1) is 0 Å². The molecule has 0 radical (unpaired) electrons. The van der Waals surface area contributed by atoms with Crippen LogP contribution in [0.15, 0.2) is 48.5 Å². The molecule has 158 valence electrons. The third-order valence-corrected chi connectivity index (χ3v) is 5.17. The Bertz CT molecular complexity index is 963. The van der Waals surface area contributed by atoms with Gasteiger partial charge in [-0.2, -0.15) is 0 Å². The zero-order chi connectivity index (χ0) is 21.7. The average molecular weight is 418 g/mol. The van der Waals surface area contributed by atoms with Gasteiger partial charge in [0.05, 0.1) is 0 Å². The molecule has 0 unspecified atom stereocenters. The van der Waals surface area contributed by atoms with E-state index in [2.05, 4.69) is 0 Å². The predicted octanol–water partition coefficient (Wildman–Crippen LogP) is 6.91. The topological polar surface area (TPSA) is 0 Å². The molecule has 5 heteroatoms. The van der Waals surface area contributed by atoms with Crippen LogP contribution in [0.1, 0.15) is 41.2 Å². The summed E-state index contributed by atoms with van der Waals surface area (Å²) in [4.78, 5) is 0. The molecule has 3 aromatic rings. The van der Waals surface area contributed by atoms with E-state index >= 15 is 0 Å². The molecular weight excluding hydrogens is 395 g/mol. The maximum absolute atomic E-state index is 14.2. The van der Waals surface area contributed by atoms with E-state index in [4.69, 9.17) is 0 Å². The highest BCUT2D eigenvalue weighted by Gasteiger charge is 2.12. The first-order valence-corrected chi connectivity index (χ1v) is 10.1. The van der Waals surface area contributed by atoms with E-state index in [1.807, 2.05) is 31.2 Å². The van der Waals surface area contributed by atoms with E-state index in [0.29, 0.717) is 36.8 Å². The summed E-state index contributed by atoms with van der Waals surface area (Å²) in [5.41, 5.74) is 3.04. The molecule has 0 fully saturated rings. The van der Waals surface area contributed by atoms with E-state index in [1.54, 1.807) is 0 Å². The van der Waals surface area contributed by atoms with Gasteiger partial charge in [-0.1, -0.05) is 37.6 Å². The summed E-state index contributed by atoms with van der Waals surface area (Å²) in [6.07, 6.45) is 3.14. The first kappa shape index (κ1) is 22.0. The SMILES string of the molecule is CCCc1cc(F)c(CCc2ccc(CCc3cc(F)c(F)c(F)c3)cc2)c(F)c1. The fourth-order valence-electron chi connectivity index (χ4n) is 3.51. The van der Waals surface area contributed by atoms with Crippen molar-refractivity contribution in [1.29, 1.82) is 0 Å². The van der Waals surface area contributed by atoms with Crippen molar-refractivity contribution in [3.05, 3.63) is 105 Å². The second-order valence-corrected chi connectivity index (χ2v) is 7.48. The Labute approximate surface area is 173 Å². The second kappa shape index (κ2) is 9.88. The molecule has 0 atom stereocenters. The van der Waals surface area contributed by atoms with Crippen molar-refractivity contribution in [3.63, 3.8) is 0 Å². The summed E-state index contributed by atoms with van der Waals surface area (Å²) in [5, 5.41) is 0. The molecule has 0 aliphatic heterocycles. The number of hydrogen-bond acceptors (Lipinski definition) is 0. The van der Waals surface area contributed by atoms with Gasteiger partial charge in [-0.05, 0) is 78.6 Å². The third kappa shape index (κ3) is 5.47. The Hall–Kier alpha value is -2.69. The van der Waals surface area contributed by atoms with Gasteiger partial charge in [-0.3, -0.25) is 0 Å². The Morgan fingerprint density at radius 3 is 1.40 bits per heavy atom. The van der Waals surface area contributed by atoms with Crippen LogP contribution in [0.3, 0.4) is 0 Å². The molecule has 3 aromatic carbocycles. The molecule has 3 rings (SSSR count). The largest absolute Gasteiger partial charge is 0.207 e. The van der Waals surface area contributed by atoms with Crippen LogP contribution in [0.2, 0.25) is 0 Å². The lowest BCUT2D eigenvalue weighted by molar-refractivity contribution is 0.445. The van der Waals surface area contributed by atoms with Crippen molar-refractivity contribution in [2.75, 3.05) is 0 Å². The Kier molecular flexibility index (Phi) is 7.24. The van der Waals surface area contributed by atoms with E-state index in [-0.39, 0.29) is 12.0 Å². The lowest BCUT2D eigenvalue weighted by atomic mass is 9.98. The summed E-state index contributed by atoms with van der Waals surface area (Å²) < 4.78 is 68.1. The standard InChI is InChI=1S/C25H23F5/c1-2-3-18-12-21(26)20(22(27)13-18)11-10-17-6-4-16(5-7-17)8-9-19-14-23(28)25(30)24(29)15-19/h4-7,12-15H,2-3,8-11H2,1H3.